The van der Waals surface area contributed by atoms with Gasteiger partial charge in [0, 0.05) is 12.1 Å². The van der Waals surface area contributed by atoms with Gasteiger partial charge in [0.05, 0.1) is 0 Å². The van der Waals surface area contributed by atoms with Crippen molar-refractivity contribution >= 4 is 0 Å². The summed E-state index contributed by atoms with van der Waals surface area (Å²) < 4.78 is 2.01. The lowest BCUT2D eigenvalue weighted by molar-refractivity contribution is 0.412. The van der Waals surface area contributed by atoms with Crippen LogP contribution in [0, 0.1) is 13.8 Å². The summed E-state index contributed by atoms with van der Waals surface area (Å²) in [7, 11) is 0. The molecule has 98 valence electrons. The predicted octanol–water partition coefficient (Wildman–Crippen LogP) is 2.45. The van der Waals surface area contributed by atoms with Crippen LogP contribution in [-0.2, 0) is 6.54 Å². The summed E-state index contributed by atoms with van der Waals surface area (Å²) in [6, 6.07) is 0. The normalized spacial score (nSPS) is 12.1. The number of hydrogen-bond acceptors (Lipinski definition) is 3. The number of nitrogens with one attached hydrogen (secondary N) is 1. The van der Waals surface area contributed by atoms with Crippen LogP contribution in [0.15, 0.2) is 0 Å². The van der Waals surface area contributed by atoms with Gasteiger partial charge in [-0.3, -0.25) is 4.68 Å². The van der Waals surface area contributed by atoms with Crippen molar-refractivity contribution in [2.75, 3.05) is 6.54 Å². The highest BCUT2D eigenvalue weighted by atomic mass is 15.3. The molecule has 0 radical (unpaired) electrons. The number of aryl methyl sites for hydroxylation is 3. The molecule has 0 saturated heterocycles. The summed E-state index contributed by atoms with van der Waals surface area (Å²) in [6.45, 7) is 12.6. The number of aromatic nitrogens is 3. The van der Waals surface area contributed by atoms with E-state index in [1.54, 1.807) is 0 Å². The highest BCUT2D eigenvalue weighted by molar-refractivity contribution is 4.87. The third-order valence-electron chi connectivity index (χ3n) is 2.66. The van der Waals surface area contributed by atoms with Gasteiger partial charge < -0.3 is 5.32 Å². The van der Waals surface area contributed by atoms with Gasteiger partial charge in [0.25, 0.3) is 0 Å². The van der Waals surface area contributed by atoms with Gasteiger partial charge in [0.2, 0.25) is 0 Å². The Labute approximate surface area is 105 Å². The van der Waals surface area contributed by atoms with Crippen molar-refractivity contribution in [2.45, 2.75) is 66.0 Å². The Morgan fingerprint density at radius 1 is 1.12 bits per heavy atom. The fraction of sp³-hybridized carbons (Fsp3) is 0.846. The molecule has 1 rings (SSSR count). The largest absolute Gasteiger partial charge is 0.312 e. The Morgan fingerprint density at radius 2 is 1.82 bits per heavy atom. The minimum Gasteiger partial charge on any atom is -0.312 e. The van der Waals surface area contributed by atoms with E-state index in [-0.39, 0.29) is 5.54 Å². The third-order valence-corrected chi connectivity index (χ3v) is 2.66. The van der Waals surface area contributed by atoms with E-state index in [9.17, 15) is 0 Å². The second kappa shape index (κ2) is 6.15. The molecule has 0 saturated carbocycles. The lowest BCUT2D eigenvalue weighted by atomic mass is 10.1. The van der Waals surface area contributed by atoms with Gasteiger partial charge in [-0.1, -0.05) is 6.42 Å². The zero-order chi connectivity index (χ0) is 12.9. The molecule has 0 unspecified atom stereocenters. The van der Waals surface area contributed by atoms with Gasteiger partial charge in [-0.2, -0.15) is 5.10 Å². The van der Waals surface area contributed by atoms with Gasteiger partial charge in [-0.25, -0.2) is 4.98 Å². The molecule has 0 amide bonds. The molecule has 1 heterocycles. The van der Waals surface area contributed by atoms with E-state index in [4.69, 9.17) is 0 Å². The third kappa shape index (κ3) is 5.82. The van der Waals surface area contributed by atoms with Crippen LogP contribution in [0.4, 0.5) is 0 Å². The van der Waals surface area contributed by atoms with Crippen molar-refractivity contribution in [3.8, 4) is 0 Å². The highest BCUT2D eigenvalue weighted by Gasteiger charge is 2.07. The van der Waals surface area contributed by atoms with E-state index in [2.05, 4.69) is 36.2 Å². The van der Waals surface area contributed by atoms with Crippen LogP contribution >= 0.6 is 0 Å². The minimum atomic E-state index is 0.236. The Morgan fingerprint density at radius 3 is 2.35 bits per heavy atom. The highest BCUT2D eigenvalue weighted by Crippen LogP contribution is 2.03. The average molecular weight is 238 g/mol. The Balaban J connectivity index is 2.11. The van der Waals surface area contributed by atoms with E-state index >= 15 is 0 Å². The molecule has 1 N–H and O–H groups in total. The lowest BCUT2D eigenvalue weighted by Crippen LogP contribution is -2.36. The molecule has 17 heavy (non-hydrogen) atoms. The number of unbranched alkanes of at least 4 members (excludes halogenated alkanes) is 2. The molecule has 0 aromatic carbocycles. The summed E-state index contributed by atoms with van der Waals surface area (Å²) in [4.78, 5) is 4.30. The second-order valence-electron chi connectivity index (χ2n) is 5.67. The Hall–Kier alpha value is -0.900. The number of nitrogens with zero attached hydrogens (tertiary/aromatic N) is 3. The smallest absolute Gasteiger partial charge is 0.147 e. The van der Waals surface area contributed by atoms with E-state index in [0.29, 0.717) is 0 Å². The standard InChI is InChI=1S/C13H26N4/c1-11-15-12(2)17(16-11)10-8-6-7-9-14-13(3,4)5/h14H,6-10H2,1-5H3. The first-order chi connectivity index (χ1) is 7.88. The van der Waals surface area contributed by atoms with Crippen molar-refractivity contribution in [2.24, 2.45) is 0 Å². The molecule has 0 bridgehead atoms. The summed E-state index contributed by atoms with van der Waals surface area (Å²) in [6.07, 6.45) is 3.64. The molecule has 0 atom stereocenters. The molecule has 4 nitrogen and oxygen atoms in total. The summed E-state index contributed by atoms with van der Waals surface area (Å²) in [5.74, 6) is 1.90. The fourth-order valence-corrected chi connectivity index (χ4v) is 1.80. The van der Waals surface area contributed by atoms with Crippen LogP contribution < -0.4 is 5.32 Å². The lowest BCUT2D eigenvalue weighted by Gasteiger charge is -2.20. The SMILES string of the molecule is Cc1nc(C)n(CCCCCNC(C)(C)C)n1. The molecule has 0 aliphatic rings. The first-order valence-corrected chi connectivity index (χ1v) is 6.51. The quantitative estimate of drug-likeness (QED) is 0.774. The van der Waals surface area contributed by atoms with Gasteiger partial charge in [0.15, 0.2) is 0 Å². The van der Waals surface area contributed by atoms with E-state index in [0.717, 1.165) is 24.7 Å². The van der Waals surface area contributed by atoms with Gasteiger partial charge in [0.1, 0.15) is 11.6 Å². The van der Waals surface area contributed by atoms with Gasteiger partial charge >= 0.3 is 0 Å². The van der Waals surface area contributed by atoms with E-state index < -0.39 is 0 Å². The Kier molecular flexibility index (Phi) is 5.12. The molecule has 0 spiro atoms. The number of rotatable bonds is 6. The zero-order valence-corrected chi connectivity index (χ0v) is 11.9. The van der Waals surface area contributed by atoms with Crippen molar-refractivity contribution in [1.29, 1.82) is 0 Å². The van der Waals surface area contributed by atoms with Crippen LogP contribution in [0.3, 0.4) is 0 Å². The molecular formula is C13H26N4. The fourth-order valence-electron chi connectivity index (χ4n) is 1.80. The van der Waals surface area contributed by atoms with E-state index in [1.807, 2.05) is 18.5 Å². The molecule has 0 fully saturated rings. The van der Waals surface area contributed by atoms with Crippen LogP contribution in [-0.4, -0.2) is 26.8 Å². The van der Waals surface area contributed by atoms with E-state index in [1.165, 1.54) is 19.3 Å². The topological polar surface area (TPSA) is 42.7 Å². The minimum absolute atomic E-state index is 0.236. The maximum atomic E-state index is 4.36. The summed E-state index contributed by atoms with van der Waals surface area (Å²) >= 11 is 0. The molecule has 0 aliphatic heterocycles. The maximum Gasteiger partial charge on any atom is 0.147 e. The van der Waals surface area contributed by atoms with Crippen LogP contribution in [0.5, 0.6) is 0 Å². The second-order valence-corrected chi connectivity index (χ2v) is 5.67. The van der Waals surface area contributed by atoms with Gasteiger partial charge in [-0.05, 0) is 54.0 Å². The number of hydrogen-bond donors (Lipinski definition) is 1. The monoisotopic (exact) mass is 238 g/mol. The molecular weight excluding hydrogens is 212 g/mol. The first-order valence-electron chi connectivity index (χ1n) is 6.51. The van der Waals surface area contributed by atoms with Crippen molar-refractivity contribution in [3.63, 3.8) is 0 Å². The Bertz CT molecular complexity index is 336. The van der Waals surface area contributed by atoms with Crippen LogP contribution in [0.1, 0.15) is 51.7 Å². The summed E-state index contributed by atoms with van der Waals surface area (Å²) in [5.41, 5.74) is 0.236. The van der Waals surface area contributed by atoms with Gasteiger partial charge in [-0.15, -0.1) is 0 Å². The van der Waals surface area contributed by atoms with Crippen molar-refractivity contribution in [1.82, 2.24) is 20.1 Å². The van der Waals surface area contributed by atoms with Crippen LogP contribution in [0.25, 0.3) is 0 Å². The van der Waals surface area contributed by atoms with Crippen molar-refractivity contribution < 1.29 is 0 Å². The molecule has 0 aliphatic carbocycles. The molecule has 4 heteroatoms. The zero-order valence-electron chi connectivity index (χ0n) is 11.9. The molecule has 1 aromatic heterocycles. The maximum absolute atomic E-state index is 4.36. The first kappa shape index (κ1) is 14.2. The van der Waals surface area contributed by atoms with Crippen LogP contribution in [0.2, 0.25) is 0 Å². The van der Waals surface area contributed by atoms with Crippen molar-refractivity contribution in [3.05, 3.63) is 11.6 Å². The molecule has 1 aromatic rings. The average Bonchev–Trinajstić information content (AvgIpc) is 2.49. The summed E-state index contributed by atoms with van der Waals surface area (Å²) in [5, 5.41) is 7.86. The predicted molar refractivity (Wildman–Crippen MR) is 71.1 cm³/mol.